The molecule has 0 aliphatic rings. The largest absolute Gasteiger partial charge is 0.493 e. The van der Waals surface area contributed by atoms with Gasteiger partial charge < -0.3 is 14.2 Å². The van der Waals surface area contributed by atoms with Crippen molar-refractivity contribution in [3.05, 3.63) is 113 Å². The van der Waals surface area contributed by atoms with Gasteiger partial charge in [0.1, 0.15) is 5.75 Å². The second-order valence-electron chi connectivity index (χ2n) is 7.78. The minimum atomic E-state index is -0.543. The Kier molecular flexibility index (Phi) is 8.52. The van der Waals surface area contributed by atoms with E-state index in [0.717, 1.165) is 11.1 Å². The van der Waals surface area contributed by atoms with Crippen molar-refractivity contribution < 1.29 is 23.8 Å². The number of esters is 1. The highest BCUT2D eigenvalue weighted by Gasteiger charge is 2.13. The Morgan fingerprint density at radius 1 is 0.865 bits per heavy atom. The average Bonchev–Trinajstić information content (AvgIpc) is 2.93. The Bertz CT molecular complexity index is 1390. The van der Waals surface area contributed by atoms with Gasteiger partial charge in [-0.05, 0) is 71.3 Å². The maximum Gasteiger partial charge on any atom is 0.343 e. The van der Waals surface area contributed by atoms with Crippen molar-refractivity contribution in [2.75, 3.05) is 13.7 Å². The van der Waals surface area contributed by atoms with Crippen LogP contribution < -0.4 is 19.6 Å². The van der Waals surface area contributed by atoms with E-state index in [1.807, 2.05) is 54.6 Å². The summed E-state index contributed by atoms with van der Waals surface area (Å²) in [7, 11) is 1.46. The molecule has 7 nitrogen and oxygen atoms in total. The third kappa shape index (κ3) is 7.19. The number of amides is 1. The van der Waals surface area contributed by atoms with Crippen LogP contribution in [0.4, 0.5) is 0 Å². The monoisotopic (exact) mass is 514 g/mol. The van der Waals surface area contributed by atoms with Crippen molar-refractivity contribution in [1.82, 2.24) is 5.43 Å². The molecule has 0 spiro atoms. The predicted octanol–water partition coefficient (Wildman–Crippen LogP) is 5.76. The number of hydrogen-bond acceptors (Lipinski definition) is 6. The quantitative estimate of drug-likeness (QED) is 0.133. The van der Waals surface area contributed by atoms with Gasteiger partial charge in [0.2, 0.25) is 0 Å². The minimum absolute atomic E-state index is 0.190. The molecule has 0 bridgehead atoms. The van der Waals surface area contributed by atoms with Gasteiger partial charge in [-0.25, -0.2) is 10.2 Å². The molecule has 0 heterocycles. The molecule has 37 heavy (non-hydrogen) atoms. The highest BCUT2D eigenvalue weighted by atomic mass is 35.5. The zero-order valence-electron chi connectivity index (χ0n) is 19.9. The Balaban J connectivity index is 1.28. The van der Waals surface area contributed by atoms with Crippen LogP contribution in [0, 0.1) is 0 Å². The van der Waals surface area contributed by atoms with Crippen molar-refractivity contribution in [3.8, 4) is 28.4 Å². The van der Waals surface area contributed by atoms with Crippen LogP contribution in [0.5, 0.6) is 17.2 Å². The van der Waals surface area contributed by atoms with Gasteiger partial charge in [-0.1, -0.05) is 54.1 Å². The normalized spacial score (nSPS) is 10.6. The van der Waals surface area contributed by atoms with Crippen LogP contribution in [0.1, 0.15) is 15.9 Å². The van der Waals surface area contributed by atoms with Crippen molar-refractivity contribution in [2.24, 2.45) is 5.10 Å². The highest BCUT2D eigenvalue weighted by Crippen LogP contribution is 2.28. The standard InChI is InChI=1S/C29H23ClN2O5/c1-35-27-17-20(7-16-26(27)37-29(34)23-8-12-24(30)13-9-23)18-31-32-28(33)19-36-25-14-10-22(11-15-25)21-5-3-2-4-6-21/h2-18H,19H2,1H3,(H,32,33)/b31-18+. The first-order chi connectivity index (χ1) is 18.0. The van der Waals surface area contributed by atoms with Crippen LogP contribution in [0.15, 0.2) is 102 Å². The average molecular weight is 515 g/mol. The molecule has 0 radical (unpaired) electrons. The number of hydrogen-bond donors (Lipinski definition) is 1. The molecule has 8 heteroatoms. The topological polar surface area (TPSA) is 86.2 Å². The molecular weight excluding hydrogens is 492 g/mol. The van der Waals surface area contributed by atoms with Crippen molar-refractivity contribution in [3.63, 3.8) is 0 Å². The van der Waals surface area contributed by atoms with E-state index < -0.39 is 11.9 Å². The number of benzene rings is 4. The SMILES string of the molecule is COc1cc(/C=N/NC(=O)COc2ccc(-c3ccccc3)cc2)ccc1OC(=O)c1ccc(Cl)cc1. The molecule has 0 aromatic heterocycles. The first-order valence-electron chi connectivity index (χ1n) is 11.3. The summed E-state index contributed by atoms with van der Waals surface area (Å²) in [5.74, 6) is 0.199. The second kappa shape index (κ2) is 12.4. The highest BCUT2D eigenvalue weighted by molar-refractivity contribution is 6.30. The van der Waals surface area contributed by atoms with E-state index in [-0.39, 0.29) is 12.4 Å². The van der Waals surface area contributed by atoms with Gasteiger partial charge in [0.25, 0.3) is 5.91 Å². The molecular formula is C29H23ClN2O5. The van der Waals surface area contributed by atoms with Crippen LogP contribution in [-0.2, 0) is 4.79 Å². The van der Waals surface area contributed by atoms with E-state index in [1.165, 1.54) is 13.3 Å². The summed E-state index contributed by atoms with van der Waals surface area (Å²) in [5.41, 5.74) is 5.56. The van der Waals surface area contributed by atoms with Gasteiger partial charge in [0, 0.05) is 5.02 Å². The molecule has 0 aliphatic carbocycles. The summed E-state index contributed by atoms with van der Waals surface area (Å²) < 4.78 is 16.3. The van der Waals surface area contributed by atoms with Gasteiger partial charge in [0.15, 0.2) is 18.1 Å². The first-order valence-corrected chi connectivity index (χ1v) is 11.7. The van der Waals surface area contributed by atoms with E-state index >= 15 is 0 Å². The molecule has 4 aromatic carbocycles. The Labute approximate surface area is 219 Å². The second-order valence-corrected chi connectivity index (χ2v) is 8.22. The predicted molar refractivity (Wildman–Crippen MR) is 143 cm³/mol. The number of carbonyl (C=O) groups is 2. The first kappa shape index (κ1) is 25.5. The van der Waals surface area contributed by atoms with Crippen molar-refractivity contribution >= 4 is 29.7 Å². The van der Waals surface area contributed by atoms with Crippen molar-refractivity contribution in [1.29, 1.82) is 0 Å². The van der Waals surface area contributed by atoms with E-state index in [2.05, 4.69) is 10.5 Å². The summed E-state index contributed by atoms with van der Waals surface area (Å²) in [5, 5.41) is 4.47. The number of halogens is 1. The Morgan fingerprint density at radius 2 is 1.57 bits per heavy atom. The van der Waals surface area contributed by atoms with E-state index in [4.69, 9.17) is 25.8 Å². The molecule has 0 fully saturated rings. The molecule has 0 saturated heterocycles. The molecule has 4 aromatic rings. The van der Waals surface area contributed by atoms with Gasteiger partial charge in [-0.15, -0.1) is 0 Å². The lowest BCUT2D eigenvalue weighted by molar-refractivity contribution is -0.123. The number of ether oxygens (including phenoxy) is 3. The number of rotatable bonds is 9. The van der Waals surface area contributed by atoms with Crippen LogP contribution in [0.2, 0.25) is 5.02 Å². The fraction of sp³-hybridized carbons (Fsp3) is 0.0690. The zero-order chi connectivity index (χ0) is 26.0. The lowest BCUT2D eigenvalue weighted by Gasteiger charge is -2.10. The zero-order valence-corrected chi connectivity index (χ0v) is 20.6. The smallest absolute Gasteiger partial charge is 0.343 e. The van der Waals surface area contributed by atoms with Crippen LogP contribution >= 0.6 is 11.6 Å². The van der Waals surface area contributed by atoms with Crippen LogP contribution in [0.3, 0.4) is 0 Å². The summed E-state index contributed by atoms with van der Waals surface area (Å²) >= 11 is 5.86. The van der Waals surface area contributed by atoms with E-state index in [9.17, 15) is 9.59 Å². The summed E-state index contributed by atoms with van der Waals surface area (Å²) in [4.78, 5) is 24.5. The fourth-order valence-corrected chi connectivity index (χ4v) is 3.45. The summed E-state index contributed by atoms with van der Waals surface area (Å²) in [6.45, 7) is -0.190. The number of hydrazone groups is 1. The molecule has 186 valence electrons. The lowest BCUT2D eigenvalue weighted by atomic mass is 10.1. The molecule has 0 saturated carbocycles. The van der Waals surface area contributed by atoms with Crippen molar-refractivity contribution in [2.45, 2.75) is 0 Å². The molecule has 0 unspecified atom stereocenters. The lowest BCUT2D eigenvalue weighted by Crippen LogP contribution is -2.24. The fourth-order valence-electron chi connectivity index (χ4n) is 3.33. The Hall–Kier alpha value is -4.62. The third-order valence-electron chi connectivity index (χ3n) is 5.20. The number of methoxy groups -OCH3 is 1. The molecule has 0 aliphatic heterocycles. The minimum Gasteiger partial charge on any atom is -0.493 e. The maximum atomic E-state index is 12.4. The van der Waals surface area contributed by atoms with E-state index in [0.29, 0.717) is 27.6 Å². The van der Waals surface area contributed by atoms with Gasteiger partial charge in [-0.3, -0.25) is 4.79 Å². The number of nitrogens with zero attached hydrogens (tertiary/aromatic N) is 1. The maximum absolute atomic E-state index is 12.4. The van der Waals surface area contributed by atoms with Gasteiger partial charge >= 0.3 is 5.97 Å². The van der Waals surface area contributed by atoms with Gasteiger partial charge in [0.05, 0.1) is 18.9 Å². The molecule has 4 rings (SSSR count). The summed E-state index contributed by atoms with van der Waals surface area (Å²) in [6.07, 6.45) is 1.44. The molecule has 0 atom stereocenters. The van der Waals surface area contributed by atoms with Crippen LogP contribution in [0.25, 0.3) is 11.1 Å². The summed E-state index contributed by atoms with van der Waals surface area (Å²) in [6, 6.07) is 28.7. The molecule has 1 amide bonds. The number of nitrogens with one attached hydrogen (secondary N) is 1. The Morgan fingerprint density at radius 3 is 2.27 bits per heavy atom. The molecule has 1 N–H and O–H groups in total. The van der Waals surface area contributed by atoms with E-state index in [1.54, 1.807) is 42.5 Å². The van der Waals surface area contributed by atoms with Crippen LogP contribution in [-0.4, -0.2) is 31.8 Å². The number of carbonyl (C=O) groups excluding carboxylic acids is 2. The van der Waals surface area contributed by atoms with Gasteiger partial charge in [-0.2, -0.15) is 5.10 Å². The third-order valence-corrected chi connectivity index (χ3v) is 5.46.